The van der Waals surface area contributed by atoms with Gasteiger partial charge in [-0.05, 0) is 45.6 Å². The molecule has 1 N–H and O–H groups in total. The molecule has 1 saturated carbocycles. The largest absolute Gasteiger partial charge is 0.379 e. The molecule has 3 heteroatoms. The third kappa shape index (κ3) is 4.81. The number of ether oxygens (including phenoxy) is 2. The van der Waals surface area contributed by atoms with E-state index in [4.69, 9.17) is 9.47 Å². The first-order valence-corrected chi connectivity index (χ1v) is 6.56. The topological polar surface area (TPSA) is 30.5 Å². The molecule has 0 bridgehead atoms. The quantitative estimate of drug-likeness (QED) is 0.657. The zero-order chi connectivity index (χ0) is 12.0. The van der Waals surface area contributed by atoms with Crippen LogP contribution in [0.1, 0.15) is 40.0 Å². The Balaban J connectivity index is 2.39. The summed E-state index contributed by atoms with van der Waals surface area (Å²) in [5.74, 6) is 0.745. The lowest BCUT2D eigenvalue weighted by Crippen LogP contribution is -2.46. The highest BCUT2D eigenvalue weighted by atomic mass is 16.5. The van der Waals surface area contributed by atoms with Crippen LogP contribution in [-0.2, 0) is 9.47 Å². The van der Waals surface area contributed by atoms with Gasteiger partial charge in [0.15, 0.2) is 0 Å². The van der Waals surface area contributed by atoms with Gasteiger partial charge in [-0.1, -0.05) is 6.92 Å². The van der Waals surface area contributed by atoms with Crippen LogP contribution >= 0.6 is 0 Å². The number of hydrogen-bond donors (Lipinski definition) is 1. The second kappa shape index (κ2) is 7.25. The molecule has 0 spiro atoms. The van der Waals surface area contributed by atoms with Crippen molar-refractivity contribution in [3.8, 4) is 0 Å². The molecule has 3 nitrogen and oxygen atoms in total. The normalized spacial score (nSPS) is 20.1. The van der Waals surface area contributed by atoms with Gasteiger partial charge in [-0.15, -0.1) is 0 Å². The van der Waals surface area contributed by atoms with Gasteiger partial charge in [0, 0.05) is 7.11 Å². The molecule has 0 heterocycles. The Labute approximate surface area is 99.9 Å². The molecule has 1 rings (SSSR count). The molecule has 0 radical (unpaired) electrons. The molecule has 1 aliphatic carbocycles. The Morgan fingerprint density at radius 1 is 1.31 bits per heavy atom. The van der Waals surface area contributed by atoms with E-state index in [0.29, 0.717) is 18.2 Å². The predicted molar refractivity (Wildman–Crippen MR) is 66.7 cm³/mol. The van der Waals surface area contributed by atoms with E-state index < -0.39 is 0 Å². The van der Waals surface area contributed by atoms with E-state index in [-0.39, 0.29) is 0 Å². The van der Waals surface area contributed by atoms with Crippen LogP contribution in [0.15, 0.2) is 0 Å². The van der Waals surface area contributed by atoms with E-state index >= 15 is 0 Å². The van der Waals surface area contributed by atoms with Crippen molar-refractivity contribution in [2.24, 2.45) is 5.92 Å². The molecule has 0 aliphatic heterocycles. The van der Waals surface area contributed by atoms with E-state index in [1.54, 1.807) is 0 Å². The van der Waals surface area contributed by atoms with Crippen molar-refractivity contribution in [1.82, 2.24) is 5.32 Å². The summed E-state index contributed by atoms with van der Waals surface area (Å²) in [5, 5.41) is 3.55. The van der Waals surface area contributed by atoms with Crippen molar-refractivity contribution in [1.29, 1.82) is 0 Å². The number of hydrogen-bond acceptors (Lipinski definition) is 3. The zero-order valence-electron chi connectivity index (χ0n) is 11.2. The molecule has 0 aromatic heterocycles. The van der Waals surface area contributed by atoms with Gasteiger partial charge in [0.2, 0.25) is 0 Å². The van der Waals surface area contributed by atoms with Crippen molar-refractivity contribution in [2.45, 2.75) is 58.3 Å². The fourth-order valence-electron chi connectivity index (χ4n) is 2.01. The summed E-state index contributed by atoms with van der Waals surface area (Å²) in [6.07, 6.45) is 4.39. The lowest BCUT2D eigenvalue weighted by molar-refractivity contribution is -0.00693. The highest BCUT2D eigenvalue weighted by molar-refractivity contribution is 4.90. The number of rotatable bonds is 9. The maximum Gasteiger partial charge on any atom is 0.0774 e. The van der Waals surface area contributed by atoms with Crippen LogP contribution in [0.4, 0.5) is 0 Å². The minimum atomic E-state index is 0.294. The first-order chi connectivity index (χ1) is 7.69. The molecule has 0 amide bonds. The monoisotopic (exact) mass is 229 g/mol. The van der Waals surface area contributed by atoms with Gasteiger partial charge in [-0.2, -0.15) is 0 Å². The first-order valence-electron chi connectivity index (χ1n) is 6.56. The Kier molecular flexibility index (Phi) is 6.32. The molecule has 2 atom stereocenters. The SMILES string of the molecule is CCCNC(COC(C)C)C(OC)C1CC1. The van der Waals surface area contributed by atoms with Crippen molar-refractivity contribution in [2.75, 3.05) is 20.3 Å². The minimum absolute atomic E-state index is 0.294. The summed E-state index contributed by atoms with van der Waals surface area (Å²) >= 11 is 0. The second-order valence-corrected chi connectivity index (χ2v) is 4.98. The van der Waals surface area contributed by atoms with Crippen molar-refractivity contribution >= 4 is 0 Å². The van der Waals surface area contributed by atoms with Gasteiger partial charge in [-0.25, -0.2) is 0 Å². The highest BCUT2D eigenvalue weighted by Crippen LogP contribution is 2.35. The number of nitrogens with one attached hydrogen (secondary N) is 1. The van der Waals surface area contributed by atoms with Crippen molar-refractivity contribution in [3.05, 3.63) is 0 Å². The molecule has 0 saturated heterocycles. The second-order valence-electron chi connectivity index (χ2n) is 4.98. The highest BCUT2D eigenvalue weighted by Gasteiger charge is 2.36. The standard InChI is InChI=1S/C13H27NO2/c1-5-8-14-12(9-16-10(2)3)13(15-4)11-6-7-11/h10-14H,5-9H2,1-4H3. The van der Waals surface area contributed by atoms with E-state index in [1.165, 1.54) is 12.8 Å². The zero-order valence-corrected chi connectivity index (χ0v) is 11.2. The van der Waals surface area contributed by atoms with Crippen LogP contribution in [0.3, 0.4) is 0 Å². The summed E-state index contributed by atoms with van der Waals surface area (Å²) in [7, 11) is 1.82. The maximum absolute atomic E-state index is 5.72. The summed E-state index contributed by atoms with van der Waals surface area (Å²) in [5.41, 5.74) is 0. The average molecular weight is 229 g/mol. The van der Waals surface area contributed by atoms with Crippen molar-refractivity contribution in [3.63, 3.8) is 0 Å². The van der Waals surface area contributed by atoms with Gasteiger partial charge in [0.25, 0.3) is 0 Å². The summed E-state index contributed by atoms with van der Waals surface area (Å²) in [6, 6.07) is 0.347. The third-order valence-corrected chi connectivity index (χ3v) is 3.02. The fourth-order valence-corrected chi connectivity index (χ4v) is 2.01. The summed E-state index contributed by atoms with van der Waals surface area (Å²) < 4.78 is 11.3. The average Bonchev–Trinajstić information content (AvgIpc) is 3.06. The summed E-state index contributed by atoms with van der Waals surface area (Å²) in [6.45, 7) is 8.14. The Bertz CT molecular complexity index is 181. The van der Waals surface area contributed by atoms with E-state index in [1.807, 2.05) is 7.11 Å². The molecule has 1 aliphatic rings. The molecular formula is C13H27NO2. The van der Waals surface area contributed by atoms with Crippen LogP contribution in [0.2, 0.25) is 0 Å². The van der Waals surface area contributed by atoms with Gasteiger partial charge < -0.3 is 14.8 Å². The lowest BCUT2D eigenvalue weighted by Gasteiger charge is -2.27. The molecule has 16 heavy (non-hydrogen) atoms. The third-order valence-electron chi connectivity index (χ3n) is 3.02. The van der Waals surface area contributed by atoms with Crippen LogP contribution in [0, 0.1) is 5.92 Å². The van der Waals surface area contributed by atoms with Gasteiger partial charge >= 0.3 is 0 Å². The maximum atomic E-state index is 5.72. The number of methoxy groups -OCH3 is 1. The molecular weight excluding hydrogens is 202 g/mol. The van der Waals surface area contributed by atoms with Gasteiger partial charge in [-0.3, -0.25) is 0 Å². The Morgan fingerprint density at radius 3 is 2.44 bits per heavy atom. The van der Waals surface area contributed by atoms with E-state index in [9.17, 15) is 0 Å². The van der Waals surface area contributed by atoms with Crippen molar-refractivity contribution < 1.29 is 9.47 Å². The van der Waals surface area contributed by atoms with E-state index in [0.717, 1.165) is 25.5 Å². The van der Waals surface area contributed by atoms with Gasteiger partial charge in [0.1, 0.15) is 0 Å². The minimum Gasteiger partial charge on any atom is -0.379 e. The van der Waals surface area contributed by atoms with E-state index in [2.05, 4.69) is 26.1 Å². The summed E-state index contributed by atoms with van der Waals surface area (Å²) in [4.78, 5) is 0. The molecule has 96 valence electrons. The van der Waals surface area contributed by atoms with Crippen LogP contribution in [-0.4, -0.2) is 38.5 Å². The molecule has 0 aromatic rings. The molecule has 0 aromatic carbocycles. The Morgan fingerprint density at radius 2 is 2.00 bits per heavy atom. The van der Waals surface area contributed by atoms with Crippen LogP contribution in [0.5, 0.6) is 0 Å². The predicted octanol–water partition coefficient (Wildman–Crippen LogP) is 2.20. The Hall–Kier alpha value is -0.120. The van der Waals surface area contributed by atoms with Crippen LogP contribution in [0.25, 0.3) is 0 Å². The van der Waals surface area contributed by atoms with Gasteiger partial charge in [0.05, 0.1) is 24.9 Å². The van der Waals surface area contributed by atoms with Crippen LogP contribution < -0.4 is 5.32 Å². The molecule has 1 fully saturated rings. The smallest absolute Gasteiger partial charge is 0.0774 e. The lowest BCUT2D eigenvalue weighted by atomic mass is 10.1. The first kappa shape index (κ1) is 13.9. The molecule has 2 unspecified atom stereocenters. The fraction of sp³-hybridized carbons (Fsp3) is 1.00.